The first-order valence-electron chi connectivity index (χ1n) is 9.78. The second-order valence-corrected chi connectivity index (χ2v) is 8.48. The van der Waals surface area contributed by atoms with Gasteiger partial charge in [-0.2, -0.15) is 11.8 Å². The van der Waals surface area contributed by atoms with Gasteiger partial charge in [-0.15, -0.1) is 0 Å². The van der Waals surface area contributed by atoms with E-state index in [2.05, 4.69) is 14.8 Å². The topological polar surface area (TPSA) is 36.4 Å². The Morgan fingerprint density at radius 2 is 1.88 bits per heavy atom. The molecule has 5 heteroatoms. The minimum Gasteiger partial charge on any atom is -0.332 e. The van der Waals surface area contributed by atoms with E-state index in [-0.39, 0.29) is 5.91 Å². The number of rotatable bonds is 3. The standard InChI is InChI=1S/C21H27N3OS/c25-21(20-10-9-17-7-2-3-8-19(17)22-20)24-13-6-14-26-16-18(24)15-23-11-4-1-5-12-23/h2-3,7-10,18H,1,4-6,11-16H2. The monoisotopic (exact) mass is 369 g/mol. The molecular formula is C21H27N3OS. The molecule has 26 heavy (non-hydrogen) atoms. The zero-order valence-electron chi connectivity index (χ0n) is 15.3. The summed E-state index contributed by atoms with van der Waals surface area (Å²) in [5, 5.41) is 1.08. The van der Waals surface area contributed by atoms with Crippen LogP contribution in [0, 0.1) is 0 Å². The van der Waals surface area contributed by atoms with Crippen molar-refractivity contribution in [3.8, 4) is 0 Å². The summed E-state index contributed by atoms with van der Waals surface area (Å²) in [6.07, 6.45) is 5.00. The minimum atomic E-state index is 0.0975. The Morgan fingerprint density at radius 3 is 2.77 bits per heavy atom. The van der Waals surface area contributed by atoms with Gasteiger partial charge in [0.15, 0.2) is 0 Å². The van der Waals surface area contributed by atoms with Crippen LogP contribution in [0.2, 0.25) is 0 Å². The maximum Gasteiger partial charge on any atom is 0.272 e. The molecule has 2 aromatic rings. The van der Waals surface area contributed by atoms with E-state index in [1.54, 1.807) is 0 Å². The molecule has 4 nitrogen and oxygen atoms in total. The van der Waals surface area contributed by atoms with Gasteiger partial charge in [-0.1, -0.05) is 30.7 Å². The lowest BCUT2D eigenvalue weighted by molar-refractivity contribution is 0.0640. The highest BCUT2D eigenvalue weighted by molar-refractivity contribution is 7.99. The number of likely N-dealkylation sites (tertiary alicyclic amines) is 1. The summed E-state index contributed by atoms with van der Waals surface area (Å²) in [4.78, 5) is 22.6. The second-order valence-electron chi connectivity index (χ2n) is 7.33. The Balaban J connectivity index is 1.55. The molecule has 2 aliphatic heterocycles. The molecule has 2 saturated heterocycles. The van der Waals surface area contributed by atoms with Gasteiger partial charge >= 0.3 is 0 Å². The molecule has 3 heterocycles. The lowest BCUT2D eigenvalue weighted by Crippen LogP contribution is -2.49. The van der Waals surface area contributed by atoms with Crippen molar-refractivity contribution in [2.45, 2.75) is 31.7 Å². The van der Waals surface area contributed by atoms with E-state index in [0.29, 0.717) is 11.7 Å². The van der Waals surface area contributed by atoms with Crippen LogP contribution in [-0.2, 0) is 0 Å². The molecule has 2 fully saturated rings. The third kappa shape index (κ3) is 4.04. The summed E-state index contributed by atoms with van der Waals surface area (Å²) in [6, 6.07) is 12.2. The molecule has 4 rings (SSSR count). The first-order valence-corrected chi connectivity index (χ1v) is 10.9. The quantitative estimate of drug-likeness (QED) is 0.827. The molecule has 0 saturated carbocycles. The fourth-order valence-electron chi connectivity index (χ4n) is 4.02. The van der Waals surface area contributed by atoms with Crippen molar-refractivity contribution in [1.29, 1.82) is 0 Å². The highest BCUT2D eigenvalue weighted by Gasteiger charge is 2.29. The summed E-state index contributed by atoms with van der Waals surface area (Å²) in [6.45, 7) is 4.21. The SMILES string of the molecule is O=C(c1ccc2ccccc2n1)N1CCCSCC1CN1CCCCC1. The Hall–Kier alpha value is -1.59. The number of hydrogen-bond acceptors (Lipinski definition) is 4. The molecule has 0 bridgehead atoms. The zero-order chi connectivity index (χ0) is 17.8. The van der Waals surface area contributed by atoms with Gasteiger partial charge in [-0.3, -0.25) is 4.79 Å². The number of para-hydroxylation sites is 1. The first-order chi connectivity index (χ1) is 12.8. The second kappa shape index (κ2) is 8.40. The molecule has 1 amide bonds. The average Bonchev–Trinajstić information content (AvgIpc) is 2.93. The molecule has 0 aliphatic carbocycles. The molecule has 0 radical (unpaired) electrons. The fraction of sp³-hybridized carbons (Fsp3) is 0.524. The lowest BCUT2D eigenvalue weighted by atomic mass is 10.1. The van der Waals surface area contributed by atoms with E-state index in [1.807, 2.05) is 48.2 Å². The highest BCUT2D eigenvalue weighted by atomic mass is 32.2. The van der Waals surface area contributed by atoms with Crippen molar-refractivity contribution >= 4 is 28.6 Å². The maximum atomic E-state index is 13.3. The lowest BCUT2D eigenvalue weighted by Gasteiger charge is -2.35. The first kappa shape index (κ1) is 17.8. The normalized spacial score (nSPS) is 22.3. The van der Waals surface area contributed by atoms with Crippen molar-refractivity contribution in [1.82, 2.24) is 14.8 Å². The number of thioether (sulfide) groups is 1. The number of hydrogen-bond donors (Lipinski definition) is 0. The van der Waals surface area contributed by atoms with Crippen LogP contribution in [0.1, 0.15) is 36.2 Å². The summed E-state index contributed by atoms with van der Waals surface area (Å²) < 4.78 is 0. The molecule has 1 unspecified atom stereocenters. The largest absolute Gasteiger partial charge is 0.332 e. The van der Waals surface area contributed by atoms with Gasteiger partial charge in [0, 0.05) is 24.2 Å². The third-order valence-electron chi connectivity index (χ3n) is 5.43. The minimum absolute atomic E-state index is 0.0975. The molecule has 0 N–H and O–H groups in total. The number of amides is 1. The summed E-state index contributed by atoms with van der Waals surface area (Å²) in [7, 11) is 0. The number of piperidine rings is 1. The van der Waals surface area contributed by atoms with Crippen LogP contribution >= 0.6 is 11.8 Å². The molecule has 0 spiro atoms. The summed E-state index contributed by atoms with van der Waals surface area (Å²) in [5.74, 6) is 2.28. The molecule has 2 aliphatic rings. The van der Waals surface area contributed by atoms with E-state index >= 15 is 0 Å². The smallest absolute Gasteiger partial charge is 0.272 e. The summed E-state index contributed by atoms with van der Waals surface area (Å²) >= 11 is 1.99. The average molecular weight is 370 g/mol. The maximum absolute atomic E-state index is 13.3. The van der Waals surface area contributed by atoms with Crippen molar-refractivity contribution < 1.29 is 4.79 Å². The van der Waals surface area contributed by atoms with E-state index in [9.17, 15) is 4.79 Å². The van der Waals surface area contributed by atoms with Crippen LogP contribution in [0.15, 0.2) is 36.4 Å². The van der Waals surface area contributed by atoms with Gasteiger partial charge in [0.05, 0.1) is 11.6 Å². The number of aromatic nitrogens is 1. The van der Waals surface area contributed by atoms with Crippen LogP contribution < -0.4 is 0 Å². The molecule has 1 aromatic carbocycles. The molecule has 138 valence electrons. The van der Waals surface area contributed by atoms with Crippen LogP contribution in [0.3, 0.4) is 0 Å². The number of pyridine rings is 1. The Kier molecular flexibility index (Phi) is 5.75. The van der Waals surface area contributed by atoms with Crippen molar-refractivity contribution in [3.05, 3.63) is 42.1 Å². The van der Waals surface area contributed by atoms with Crippen LogP contribution in [0.5, 0.6) is 0 Å². The van der Waals surface area contributed by atoms with Crippen LogP contribution in [0.4, 0.5) is 0 Å². The van der Waals surface area contributed by atoms with Gasteiger partial charge in [0.2, 0.25) is 0 Å². The highest BCUT2D eigenvalue weighted by Crippen LogP contribution is 2.22. The van der Waals surface area contributed by atoms with Gasteiger partial charge in [-0.25, -0.2) is 4.98 Å². The Bertz CT molecular complexity index is 760. The van der Waals surface area contributed by atoms with Crippen molar-refractivity contribution in [2.75, 3.05) is 37.7 Å². The van der Waals surface area contributed by atoms with Crippen LogP contribution in [-0.4, -0.2) is 64.4 Å². The molecular weight excluding hydrogens is 342 g/mol. The van der Waals surface area contributed by atoms with Crippen molar-refractivity contribution in [2.24, 2.45) is 0 Å². The van der Waals surface area contributed by atoms with E-state index in [0.717, 1.165) is 41.9 Å². The molecule has 1 aromatic heterocycles. The van der Waals surface area contributed by atoms with E-state index in [4.69, 9.17) is 0 Å². The van der Waals surface area contributed by atoms with Crippen LogP contribution in [0.25, 0.3) is 10.9 Å². The number of fused-ring (bicyclic) bond motifs is 1. The van der Waals surface area contributed by atoms with Gasteiger partial charge in [-0.05, 0) is 50.2 Å². The number of benzene rings is 1. The summed E-state index contributed by atoms with van der Waals surface area (Å²) in [5.41, 5.74) is 1.48. The molecule has 1 atom stereocenters. The van der Waals surface area contributed by atoms with Gasteiger partial charge in [0.1, 0.15) is 5.69 Å². The Labute approximate surface area is 160 Å². The van der Waals surface area contributed by atoms with Crippen molar-refractivity contribution in [3.63, 3.8) is 0 Å². The predicted molar refractivity (Wildman–Crippen MR) is 109 cm³/mol. The zero-order valence-corrected chi connectivity index (χ0v) is 16.1. The number of carbonyl (C=O) groups is 1. The number of carbonyl (C=O) groups excluding carboxylic acids is 1. The number of nitrogens with zero attached hydrogens (tertiary/aromatic N) is 3. The Morgan fingerprint density at radius 1 is 1.04 bits per heavy atom. The van der Waals surface area contributed by atoms with Gasteiger partial charge < -0.3 is 9.80 Å². The predicted octanol–water partition coefficient (Wildman–Crippen LogP) is 3.67. The fourth-order valence-corrected chi connectivity index (χ4v) is 5.08. The third-order valence-corrected chi connectivity index (χ3v) is 6.63. The van der Waals surface area contributed by atoms with Gasteiger partial charge in [0.25, 0.3) is 5.91 Å². The van der Waals surface area contributed by atoms with E-state index < -0.39 is 0 Å². The van der Waals surface area contributed by atoms with E-state index in [1.165, 1.54) is 32.4 Å².